The maximum atomic E-state index is 11.8. The van der Waals surface area contributed by atoms with Gasteiger partial charge in [0.15, 0.2) is 5.96 Å². The molecule has 1 N–H and O–H groups in total. The topological polar surface area (TPSA) is 70.5 Å². The second-order valence-corrected chi connectivity index (χ2v) is 5.09. The van der Waals surface area contributed by atoms with Gasteiger partial charge in [0.25, 0.3) is 0 Å². The Bertz CT molecular complexity index is 308. The first-order valence-electron chi connectivity index (χ1n) is 6.63. The van der Waals surface area contributed by atoms with E-state index in [1.807, 2.05) is 28.2 Å². The Kier molecular flexibility index (Phi) is 10.7. The third-order valence-electron chi connectivity index (χ3n) is 2.56. The van der Waals surface area contributed by atoms with Crippen LogP contribution in [0.2, 0.25) is 0 Å². The number of alkyl halides is 3. The summed E-state index contributed by atoms with van der Waals surface area (Å²) in [6.07, 6.45) is -4.50. The summed E-state index contributed by atoms with van der Waals surface area (Å²) in [7, 11) is 7.40. The molecule has 0 aromatic heterocycles. The van der Waals surface area contributed by atoms with Crippen molar-refractivity contribution in [3.05, 3.63) is 0 Å². The van der Waals surface area contributed by atoms with E-state index in [1.54, 1.807) is 16.7 Å². The zero-order valence-electron chi connectivity index (χ0n) is 13.3. The summed E-state index contributed by atoms with van der Waals surface area (Å²) in [5.74, 6) is -2.48. The molecule has 0 spiro atoms. The Hall–Kier alpha value is -1.47. The lowest BCUT2D eigenvalue weighted by molar-refractivity contribution is -0.315. The molecule has 0 bridgehead atoms. The summed E-state index contributed by atoms with van der Waals surface area (Å²) >= 11 is 0. The lowest BCUT2D eigenvalue weighted by Gasteiger charge is -2.19. The SMILES string of the molecule is CCCCC(CC(F)(F)F)C(=O)[O-].CN(C)C(=N)N(C)C. The second-order valence-electron chi connectivity index (χ2n) is 5.09. The number of carboxylic acid groups (broad SMARTS) is 1. The van der Waals surface area contributed by atoms with Crippen LogP contribution in [-0.4, -0.2) is 56.1 Å². The van der Waals surface area contributed by atoms with Crippen molar-refractivity contribution in [2.24, 2.45) is 5.92 Å². The molecule has 126 valence electrons. The van der Waals surface area contributed by atoms with E-state index in [2.05, 4.69) is 0 Å². The number of rotatable bonds is 5. The van der Waals surface area contributed by atoms with Crippen LogP contribution in [0.25, 0.3) is 0 Å². The Morgan fingerprint density at radius 2 is 1.62 bits per heavy atom. The van der Waals surface area contributed by atoms with Crippen LogP contribution in [0.3, 0.4) is 0 Å². The number of guanidine groups is 1. The van der Waals surface area contributed by atoms with E-state index in [1.165, 1.54) is 0 Å². The summed E-state index contributed by atoms with van der Waals surface area (Å²) in [4.78, 5) is 13.8. The van der Waals surface area contributed by atoms with Crippen LogP contribution in [0.1, 0.15) is 32.6 Å². The Labute approximate surface area is 124 Å². The number of aliphatic carboxylic acids is 1. The smallest absolute Gasteiger partial charge is 0.389 e. The largest absolute Gasteiger partial charge is 0.550 e. The fourth-order valence-electron chi connectivity index (χ4n) is 1.43. The van der Waals surface area contributed by atoms with Gasteiger partial charge in [-0.15, -0.1) is 0 Å². The van der Waals surface area contributed by atoms with Crippen molar-refractivity contribution in [1.29, 1.82) is 5.41 Å². The predicted molar refractivity (Wildman–Crippen MR) is 73.8 cm³/mol. The Morgan fingerprint density at radius 1 is 1.19 bits per heavy atom. The highest BCUT2D eigenvalue weighted by Crippen LogP contribution is 2.27. The number of halogens is 3. The van der Waals surface area contributed by atoms with Crippen molar-refractivity contribution in [2.75, 3.05) is 28.2 Å². The first-order valence-corrected chi connectivity index (χ1v) is 6.63. The molecule has 1 atom stereocenters. The van der Waals surface area contributed by atoms with Crippen LogP contribution in [0.5, 0.6) is 0 Å². The molecule has 0 fully saturated rings. The minimum Gasteiger partial charge on any atom is -0.550 e. The summed E-state index contributed by atoms with van der Waals surface area (Å²) < 4.78 is 35.4. The van der Waals surface area contributed by atoms with Crippen LogP contribution in [0.15, 0.2) is 0 Å². The van der Waals surface area contributed by atoms with Gasteiger partial charge in [-0.2, -0.15) is 13.2 Å². The van der Waals surface area contributed by atoms with Crippen LogP contribution in [-0.2, 0) is 4.79 Å². The number of nitrogens with zero attached hydrogens (tertiary/aromatic N) is 2. The van der Waals surface area contributed by atoms with E-state index in [-0.39, 0.29) is 6.42 Å². The quantitative estimate of drug-likeness (QED) is 0.617. The van der Waals surface area contributed by atoms with Gasteiger partial charge < -0.3 is 19.7 Å². The lowest BCUT2D eigenvalue weighted by atomic mass is 9.98. The van der Waals surface area contributed by atoms with Crippen LogP contribution in [0.4, 0.5) is 13.2 Å². The molecule has 0 aromatic rings. The van der Waals surface area contributed by atoms with Gasteiger partial charge in [0.2, 0.25) is 0 Å². The normalized spacial score (nSPS) is 12.0. The predicted octanol–water partition coefficient (Wildman–Crippen LogP) is 1.54. The van der Waals surface area contributed by atoms with E-state index in [0.717, 1.165) is 0 Å². The monoisotopic (exact) mass is 312 g/mol. The lowest BCUT2D eigenvalue weighted by Crippen LogP contribution is -2.34. The molecule has 0 saturated heterocycles. The van der Waals surface area contributed by atoms with Crippen molar-refractivity contribution in [1.82, 2.24) is 9.80 Å². The number of carbonyl (C=O) groups is 1. The van der Waals surface area contributed by atoms with Crippen molar-refractivity contribution in [3.8, 4) is 0 Å². The molecule has 0 aromatic carbocycles. The third-order valence-corrected chi connectivity index (χ3v) is 2.56. The van der Waals surface area contributed by atoms with Crippen LogP contribution < -0.4 is 5.11 Å². The molecule has 0 heterocycles. The molecule has 5 nitrogen and oxygen atoms in total. The van der Waals surface area contributed by atoms with E-state index in [9.17, 15) is 23.1 Å². The van der Waals surface area contributed by atoms with E-state index in [0.29, 0.717) is 18.8 Å². The van der Waals surface area contributed by atoms with Gasteiger partial charge in [-0.1, -0.05) is 19.8 Å². The van der Waals surface area contributed by atoms with Crippen molar-refractivity contribution < 1.29 is 23.1 Å². The van der Waals surface area contributed by atoms with E-state index in [4.69, 9.17) is 5.41 Å². The molecular weight excluding hydrogens is 287 g/mol. The van der Waals surface area contributed by atoms with Crippen molar-refractivity contribution >= 4 is 11.9 Å². The fraction of sp³-hybridized carbons (Fsp3) is 0.846. The number of hydrogen-bond donors (Lipinski definition) is 1. The molecule has 21 heavy (non-hydrogen) atoms. The Morgan fingerprint density at radius 3 is 1.81 bits per heavy atom. The van der Waals surface area contributed by atoms with Gasteiger partial charge in [-0.05, 0) is 6.42 Å². The third kappa shape index (κ3) is 13.3. The van der Waals surface area contributed by atoms with Crippen LogP contribution in [0, 0.1) is 11.3 Å². The highest BCUT2D eigenvalue weighted by Gasteiger charge is 2.31. The molecule has 0 aliphatic rings. The average Bonchev–Trinajstić information content (AvgIpc) is 2.32. The highest BCUT2D eigenvalue weighted by molar-refractivity contribution is 5.75. The number of hydrogen-bond acceptors (Lipinski definition) is 3. The van der Waals surface area contributed by atoms with Crippen LogP contribution >= 0.6 is 0 Å². The molecule has 1 unspecified atom stereocenters. The second kappa shape index (κ2) is 10.3. The molecule has 0 radical (unpaired) electrons. The van der Waals surface area contributed by atoms with Gasteiger partial charge in [0.1, 0.15) is 0 Å². The van der Waals surface area contributed by atoms with Gasteiger partial charge in [0.05, 0.1) is 6.42 Å². The minimum absolute atomic E-state index is 0.0400. The first-order chi connectivity index (χ1) is 9.42. The zero-order chi connectivity index (χ0) is 17.2. The molecule has 0 rings (SSSR count). The Balaban J connectivity index is 0. The molecule has 0 aliphatic heterocycles. The number of nitrogens with one attached hydrogen (secondary N) is 1. The first kappa shape index (κ1) is 21.8. The summed E-state index contributed by atoms with van der Waals surface area (Å²) in [5.41, 5.74) is 0. The zero-order valence-corrected chi connectivity index (χ0v) is 13.3. The minimum atomic E-state index is -4.42. The molecule has 8 heteroatoms. The molecule has 0 saturated carbocycles. The number of carbonyl (C=O) groups excluding carboxylic acids is 1. The fourth-order valence-corrected chi connectivity index (χ4v) is 1.43. The molecular formula is C13H25F3N3O2-. The number of unbranched alkanes of at least 4 members (excludes halogenated alkanes) is 1. The maximum absolute atomic E-state index is 11.8. The number of carboxylic acids is 1. The maximum Gasteiger partial charge on any atom is 0.389 e. The van der Waals surface area contributed by atoms with Crippen molar-refractivity contribution in [3.63, 3.8) is 0 Å². The average molecular weight is 312 g/mol. The van der Waals surface area contributed by atoms with E-state index < -0.39 is 24.5 Å². The molecule has 0 amide bonds. The van der Waals surface area contributed by atoms with Gasteiger partial charge >= 0.3 is 6.18 Å². The van der Waals surface area contributed by atoms with E-state index >= 15 is 0 Å². The molecule has 0 aliphatic carbocycles. The summed E-state index contributed by atoms with van der Waals surface area (Å²) in [6.45, 7) is 1.79. The van der Waals surface area contributed by atoms with Gasteiger partial charge in [0, 0.05) is 40.1 Å². The summed E-state index contributed by atoms with van der Waals surface area (Å²) in [6, 6.07) is 0. The van der Waals surface area contributed by atoms with Gasteiger partial charge in [-0.25, -0.2) is 0 Å². The highest BCUT2D eigenvalue weighted by atomic mass is 19.4. The van der Waals surface area contributed by atoms with Gasteiger partial charge in [-0.3, -0.25) is 5.41 Å². The summed E-state index contributed by atoms with van der Waals surface area (Å²) in [5, 5.41) is 17.5. The standard InChI is InChI=1S/C8H13F3O2.C5H13N3/c1-2-3-4-6(7(12)13)5-8(9,10)11;1-7(2)5(6)8(3)4/h6H,2-5H2,1H3,(H,12,13);6H,1-4H3/p-1. The van der Waals surface area contributed by atoms with Crippen molar-refractivity contribution in [2.45, 2.75) is 38.8 Å².